The number of nitrogen functional groups attached to an aromatic ring is 2. The zero-order valence-corrected chi connectivity index (χ0v) is 13.9. The molecule has 0 spiro atoms. The maximum atomic E-state index is 12.3. The van der Waals surface area contributed by atoms with Crippen molar-refractivity contribution >= 4 is 34.6 Å². The van der Waals surface area contributed by atoms with Crippen molar-refractivity contribution in [2.75, 3.05) is 22.1 Å². The van der Waals surface area contributed by atoms with Crippen LogP contribution < -0.4 is 22.1 Å². The molecule has 0 aliphatic carbocycles. The summed E-state index contributed by atoms with van der Waals surface area (Å²) in [6.45, 7) is 0. The van der Waals surface area contributed by atoms with Crippen LogP contribution in [0, 0.1) is 0 Å². The Kier molecular flexibility index (Phi) is 4.85. The van der Waals surface area contributed by atoms with Gasteiger partial charge in [-0.3, -0.25) is 9.59 Å². The Morgan fingerprint density at radius 1 is 0.615 bits per heavy atom. The predicted octanol–water partition coefficient (Wildman–Crippen LogP) is 3.36. The first kappa shape index (κ1) is 17.0. The van der Waals surface area contributed by atoms with Gasteiger partial charge < -0.3 is 22.1 Å². The molecule has 2 amide bonds. The van der Waals surface area contributed by atoms with E-state index in [-0.39, 0.29) is 11.8 Å². The van der Waals surface area contributed by atoms with Crippen LogP contribution in [0.2, 0.25) is 0 Å². The highest BCUT2D eigenvalue weighted by Crippen LogP contribution is 2.18. The number of anilines is 4. The van der Waals surface area contributed by atoms with Crippen LogP contribution in [0.25, 0.3) is 0 Å². The highest BCUT2D eigenvalue weighted by molar-refractivity contribution is 6.06. The summed E-state index contributed by atoms with van der Waals surface area (Å²) in [5, 5.41) is 5.57. The third kappa shape index (κ3) is 4.18. The number of carbonyl (C=O) groups is 2. The van der Waals surface area contributed by atoms with Gasteiger partial charge in [0.1, 0.15) is 0 Å². The number of hydrogen-bond acceptors (Lipinski definition) is 4. The third-order valence-corrected chi connectivity index (χ3v) is 3.70. The van der Waals surface area contributed by atoms with Crippen LogP contribution in [0.1, 0.15) is 20.7 Å². The molecule has 0 atom stereocenters. The summed E-state index contributed by atoms with van der Waals surface area (Å²) in [5.74, 6) is -0.538. The Morgan fingerprint density at radius 2 is 1.19 bits per heavy atom. The second-order valence-corrected chi connectivity index (χ2v) is 5.74. The lowest BCUT2D eigenvalue weighted by Gasteiger charge is -2.09. The van der Waals surface area contributed by atoms with E-state index in [1.807, 2.05) is 0 Å². The van der Waals surface area contributed by atoms with Gasteiger partial charge in [-0.15, -0.1) is 0 Å². The van der Waals surface area contributed by atoms with Gasteiger partial charge in [-0.05, 0) is 60.7 Å². The highest BCUT2D eigenvalue weighted by Gasteiger charge is 2.09. The lowest BCUT2D eigenvalue weighted by molar-refractivity contribution is 0.101. The summed E-state index contributed by atoms with van der Waals surface area (Å²) in [4.78, 5) is 24.6. The maximum absolute atomic E-state index is 12.3. The van der Waals surface area contributed by atoms with Gasteiger partial charge in [-0.2, -0.15) is 0 Å². The molecule has 0 radical (unpaired) electrons. The molecule has 0 saturated heterocycles. The van der Waals surface area contributed by atoms with Crippen molar-refractivity contribution in [2.24, 2.45) is 0 Å². The Balaban J connectivity index is 1.71. The van der Waals surface area contributed by atoms with Crippen molar-refractivity contribution in [3.8, 4) is 0 Å². The predicted molar refractivity (Wildman–Crippen MR) is 104 cm³/mol. The molecular weight excluding hydrogens is 328 g/mol. The van der Waals surface area contributed by atoms with Gasteiger partial charge in [0.2, 0.25) is 0 Å². The number of hydrogen-bond donors (Lipinski definition) is 4. The van der Waals surface area contributed by atoms with E-state index in [1.165, 1.54) is 0 Å². The fourth-order valence-electron chi connectivity index (χ4n) is 2.40. The minimum absolute atomic E-state index is 0.260. The summed E-state index contributed by atoms with van der Waals surface area (Å²) >= 11 is 0. The quantitative estimate of drug-likeness (QED) is 0.543. The molecule has 6 N–H and O–H groups in total. The van der Waals surface area contributed by atoms with Crippen molar-refractivity contribution in [1.82, 2.24) is 0 Å². The van der Waals surface area contributed by atoms with Crippen LogP contribution in [0.15, 0.2) is 72.8 Å². The molecular formula is C20H18N4O2. The second kappa shape index (κ2) is 7.40. The average Bonchev–Trinajstić information content (AvgIpc) is 2.62. The van der Waals surface area contributed by atoms with Gasteiger partial charge in [0, 0.05) is 33.9 Å². The zero-order valence-electron chi connectivity index (χ0n) is 13.9. The van der Waals surface area contributed by atoms with E-state index in [9.17, 15) is 9.59 Å². The smallest absolute Gasteiger partial charge is 0.255 e. The maximum Gasteiger partial charge on any atom is 0.255 e. The van der Waals surface area contributed by atoms with Crippen LogP contribution in [0.3, 0.4) is 0 Å². The number of carbonyl (C=O) groups excluding carboxylic acids is 2. The van der Waals surface area contributed by atoms with E-state index in [2.05, 4.69) is 10.6 Å². The molecule has 3 rings (SSSR count). The molecule has 0 aromatic heterocycles. The van der Waals surface area contributed by atoms with Crippen LogP contribution in [-0.4, -0.2) is 11.8 Å². The van der Waals surface area contributed by atoms with Crippen molar-refractivity contribution in [2.45, 2.75) is 0 Å². The standard InChI is InChI=1S/C20H18N4O2/c21-15-9-7-13(8-10-15)19(25)23-17-5-2-6-18(12-17)24-20(26)14-3-1-4-16(22)11-14/h1-12H,21-22H2,(H,23,25)(H,24,26). The normalized spacial score (nSPS) is 10.2. The summed E-state index contributed by atoms with van der Waals surface area (Å²) in [7, 11) is 0. The number of rotatable bonds is 4. The number of nitrogens with two attached hydrogens (primary N) is 2. The van der Waals surface area contributed by atoms with Crippen LogP contribution in [-0.2, 0) is 0 Å². The number of amides is 2. The van der Waals surface area contributed by atoms with E-state index in [0.717, 1.165) is 0 Å². The lowest BCUT2D eigenvalue weighted by Crippen LogP contribution is -2.14. The zero-order chi connectivity index (χ0) is 18.5. The molecule has 6 nitrogen and oxygen atoms in total. The summed E-state index contributed by atoms with van der Waals surface area (Å²) < 4.78 is 0. The summed E-state index contributed by atoms with van der Waals surface area (Å²) in [6, 6.07) is 20.2. The SMILES string of the molecule is Nc1ccc(C(=O)Nc2cccc(NC(=O)c3cccc(N)c3)c2)cc1. The van der Waals surface area contributed by atoms with Crippen molar-refractivity contribution in [3.05, 3.63) is 83.9 Å². The van der Waals surface area contributed by atoms with Gasteiger partial charge in [0.05, 0.1) is 0 Å². The molecule has 3 aromatic rings. The van der Waals surface area contributed by atoms with Crippen LogP contribution >= 0.6 is 0 Å². The lowest BCUT2D eigenvalue weighted by atomic mass is 10.1. The fourth-order valence-corrected chi connectivity index (χ4v) is 2.40. The number of benzene rings is 3. The van der Waals surface area contributed by atoms with E-state index >= 15 is 0 Å². The highest BCUT2D eigenvalue weighted by atomic mass is 16.2. The first-order valence-electron chi connectivity index (χ1n) is 7.95. The van der Waals surface area contributed by atoms with E-state index in [4.69, 9.17) is 11.5 Å². The van der Waals surface area contributed by atoms with Gasteiger partial charge in [-0.1, -0.05) is 12.1 Å². The first-order valence-corrected chi connectivity index (χ1v) is 7.95. The molecule has 0 aliphatic rings. The Morgan fingerprint density at radius 3 is 1.81 bits per heavy atom. The summed E-state index contributed by atoms with van der Waals surface area (Å²) in [6.07, 6.45) is 0. The molecule has 6 heteroatoms. The molecule has 3 aromatic carbocycles. The molecule has 0 unspecified atom stereocenters. The van der Waals surface area contributed by atoms with E-state index in [1.54, 1.807) is 72.8 Å². The van der Waals surface area contributed by atoms with Gasteiger partial charge in [0.25, 0.3) is 11.8 Å². The Labute approximate surface area is 150 Å². The summed E-state index contributed by atoms with van der Waals surface area (Å²) in [5.41, 5.74) is 14.5. The van der Waals surface area contributed by atoms with Crippen LogP contribution in [0.5, 0.6) is 0 Å². The molecule has 0 fully saturated rings. The molecule has 0 bridgehead atoms. The van der Waals surface area contributed by atoms with Crippen molar-refractivity contribution in [1.29, 1.82) is 0 Å². The molecule has 130 valence electrons. The van der Waals surface area contributed by atoms with E-state index < -0.39 is 0 Å². The van der Waals surface area contributed by atoms with E-state index in [0.29, 0.717) is 33.9 Å². The first-order chi connectivity index (χ1) is 12.5. The molecule has 0 saturated carbocycles. The van der Waals surface area contributed by atoms with Gasteiger partial charge in [-0.25, -0.2) is 0 Å². The second-order valence-electron chi connectivity index (χ2n) is 5.74. The largest absolute Gasteiger partial charge is 0.399 e. The molecule has 0 aliphatic heterocycles. The molecule has 26 heavy (non-hydrogen) atoms. The molecule has 0 heterocycles. The Hall–Kier alpha value is -3.80. The Bertz CT molecular complexity index is 952. The topological polar surface area (TPSA) is 110 Å². The average molecular weight is 346 g/mol. The monoisotopic (exact) mass is 346 g/mol. The fraction of sp³-hybridized carbons (Fsp3) is 0. The third-order valence-electron chi connectivity index (χ3n) is 3.70. The number of nitrogens with one attached hydrogen (secondary N) is 2. The van der Waals surface area contributed by atoms with Crippen LogP contribution in [0.4, 0.5) is 22.7 Å². The van der Waals surface area contributed by atoms with Crippen molar-refractivity contribution in [3.63, 3.8) is 0 Å². The minimum atomic E-state index is -0.278. The van der Waals surface area contributed by atoms with Gasteiger partial charge >= 0.3 is 0 Å². The van der Waals surface area contributed by atoms with Crippen molar-refractivity contribution < 1.29 is 9.59 Å². The van der Waals surface area contributed by atoms with Gasteiger partial charge in [0.15, 0.2) is 0 Å². The minimum Gasteiger partial charge on any atom is -0.399 e.